The van der Waals surface area contributed by atoms with Gasteiger partial charge in [0, 0.05) is 6.42 Å². The maximum Gasteiger partial charge on any atom is 0.306 e. The van der Waals surface area contributed by atoms with Gasteiger partial charge in [-0.15, -0.1) is 0 Å². The number of carbonyl (C=O) groups excluding carboxylic acids is 1. The van der Waals surface area contributed by atoms with Crippen molar-refractivity contribution in [3.63, 3.8) is 0 Å². The first-order chi connectivity index (χ1) is 11.1. The minimum Gasteiger partial charge on any atom is -0.507 e. The summed E-state index contributed by atoms with van der Waals surface area (Å²) in [6.45, 7) is 13.2. The number of phenolic OH excluding ortho intramolecular Hbond substituents is 1. The highest BCUT2D eigenvalue weighted by Gasteiger charge is 2.22. The van der Waals surface area contributed by atoms with Gasteiger partial charge >= 0.3 is 5.97 Å². The zero-order valence-corrected chi connectivity index (χ0v) is 16.2. The molecule has 136 valence electrons. The van der Waals surface area contributed by atoms with Crippen LogP contribution in [0.15, 0.2) is 12.1 Å². The molecule has 0 amide bonds. The Kier molecular flexibility index (Phi) is 7.78. The number of esters is 1. The fourth-order valence-electron chi connectivity index (χ4n) is 2.72. The van der Waals surface area contributed by atoms with E-state index in [4.69, 9.17) is 4.74 Å². The smallest absolute Gasteiger partial charge is 0.306 e. The lowest BCUT2D eigenvalue weighted by atomic mass is 9.82. The second-order valence-corrected chi connectivity index (χ2v) is 8.07. The summed E-state index contributed by atoms with van der Waals surface area (Å²) in [7, 11) is 0. The Labute approximate surface area is 147 Å². The number of rotatable bonds is 8. The number of benzene rings is 1. The molecular weight excluding hydrogens is 300 g/mol. The quantitative estimate of drug-likeness (QED) is 0.527. The number of aryl methyl sites for hydroxylation is 1. The number of carbonyl (C=O) groups is 1. The molecule has 0 fully saturated rings. The zero-order valence-electron chi connectivity index (χ0n) is 16.2. The van der Waals surface area contributed by atoms with Crippen LogP contribution in [0, 0.1) is 5.92 Å². The summed E-state index contributed by atoms with van der Waals surface area (Å²) in [5.41, 5.74) is 2.90. The van der Waals surface area contributed by atoms with Gasteiger partial charge in [0.25, 0.3) is 0 Å². The van der Waals surface area contributed by atoms with Gasteiger partial charge in [-0.2, -0.15) is 0 Å². The van der Waals surface area contributed by atoms with Gasteiger partial charge in [0.1, 0.15) is 5.75 Å². The van der Waals surface area contributed by atoms with Crippen molar-refractivity contribution >= 4 is 5.97 Å². The van der Waals surface area contributed by atoms with Gasteiger partial charge in [-0.25, -0.2) is 0 Å². The largest absolute Gasteiger partial charge is 0.507 e. The molecule has 0 heterocycles. The van der Waals surface area contributed by atoms with Crippen LogP contribution in [-0.4, -0.2) is 17.7 Å². The standard InChI is InChI=1S/C21H34O3/c1-7-8-11-24-19(22)10-9-16-13-17(12-15(2)3)20(23)18(14-16)21(4,5)6/h13-15,23H,7-12H2,1-6H3. The Bertz CT molecular complexity index is 539. The minimum atomic E-state index is -0.140. The van der Waals surface area contributed by atoms with Crippen LogP contribution >= 0.6 is 0 Å². The van der Waals surface area contributed by atoms with Crippen molar-refractivity contribution in [3.8, 4) is 5.75 Å². The fourth-order valence-corrected chi connectivity index (χ4v) is 2.72. The molecule has 0 aliphatic rings. The molecule has 24 heavy (non-hydrogen) atoms. The van der Waals surface area contributed by atoms with Crippen LogP contribution in [0.3, 0.4) is 0 Å². The number of aromatic hydroxyl groups is 1. The second kappa shape index (κ2) is 9.10. The topological polar surface area (TPSA) is 46.5 Å². The van der Waals surface area contributed by atoms with E-state index in [2.05, 4.69) is 41.5 Å². The summed E-state index contributed by atoms with van der Waals surface area (Å²) >= 11 is 0. The Balaban J connectivity index is 2.92. The highest BCUT2D eigenvalue weighted by atomic mass is 16.5. The number of ether oxygens (including phenoxy) is 1. The van der Waals surface area contributed by atoms with Gasteiger partial charge in [-0.3, -0.25) is 4.79 Å². The number of unbranched alkanes of at least 4 members (excludes halogenated alkanes) is 1. The Hall–Kier alpha value is -1.51. The van der Waals surface area contributed by atoms with Crippen molar-refractivity contribution in [3.05, 3.63) is 28.8 Å². The molecule has 0 saturated heterocycles. The third kappa shape index (κ3) is 6.54. The van der Waals surface area contributed by atoms with Gasteiger partial charge in [-0.05, 0) is 47.3 Å². The van der Waals surface area contributed by atoms with Gasteiger partial charge < -0.3 is 9.84 Å². The SMILES string of the molecule is CCCCOC(=O)CCc1cc(CC(C)C)c(O)c(C(C)(C)C)c1. The van der Waals surface area contributed by atoms with Gasteiger partial charge in [-0.1, -0.05) is 60.1 Å². The molecule has 0 bridgehead atoms. The van der Waals surface area contributed by atoms with Crippen molar-refractivity contribution < 1.29 is 14.6 Å². The third-order valence-corrected chi connectivity index (χ3v) is 4.06. The van der Waals surface area contributed by atoms with Gasteiger partial charge in [0.2, 0.25) is 0 Å². The Morgan fingerprint density at radius 2 is 1.92 bits per heavy atom. The molecule has 3 nitrogen and oxygen atoms in total. The van der Waals surface area contributed by atoms with Crippen LogP contribution in [0.5, 0.6) is 5.75 Å². The molecule has 3 heteroatoms. The summed E-state index contributed by atoms with van der Waals surface area (Å²) < 4.78 is 5.23. The van der Waals surface area contributed by atoms with E-state index in [1.165, 1.54) is 0 Å². The fraction of sp³-hybridized carbons (Fsp3) is 0.667. The Morgan fingerprint density at radius 1 is 1.25 bits per heavy atom. The average molecular weight is 335 g/mol. The molecular formula is C21H34O3. The summed E-state index contributed by atoms with van der Waals surface area (Å²) in [6.07, 6.45) is 3.82. The predicted molar refractivity (Wildman–Crippen MR) is 99.5 cm³/mol. The highest BCUT2D eigenvalue weighted by molar-refractivity contribution is 5.69. The van der Waals surface area contributed by atoms with E-state index in [-0.39, 0.29) is 11.4 Å². The molecule has 0 aliphatic heterocycles. The molecule has 1 rings (SSSR count). The third-order valence-electron chi connectivity index (χ3n) is 4.06. The molecule has 0 atom stereocenters. The second-order valence-electron chi connectivity index (χ2n) is 8.07. The zero-order chi connectivity index (χ0) is 18.3. The minimum absolute atomic E-state index is 0.131. The number of phenols is 1. The van der Waals surface area contributed by atoms with E-state index in [9.17, 15) is 9.90 Å². The lowest BCUT2D eigenvalue weighted by molar-refractivity contribution is -0.143. The lowest BCUT2D eigenvalue weighted by Gasteiger charge is -2.24. The van der Waals surface area contributed by atoms with Crippen molar-refractivity contribution in [1.29, 1.82) is 0 Å². The number of hydrogen-bond donors (Lipinski definition) is 1. The van der Waals surface area contributed by atoms with Crippen LogP contribution < -0.4 is 0 Å². The predicted octanol–water partition coefficient (Wildman–Crippen LogP) is 5.16. The first-order valence-corrected chi connectivity index (χ1v) is 9.16. The lowest BCUT2D eigenvalue weighted by Crippen LogP contribution is -2.14. The molecule has 0 unspecified atom stereocenters. The summed E-state index contributed by atoms with van der Waals surface area (Å²) in [5.74, 6) is 0.739. The van der Waals surface area contributed by atoms with E-state index in [0.29, 0.717) is 31.1 Å². The normalized spacial score (nSPS) is 11.8. The van der Waals surface area contributed by atoms with E-state index in [1.807, 2.05) is 12.1 Å². The van der Waals surface area contributed by atoms with Crippen LogP contribution in [0.25, 0.3) is 0 Å². The molecule has 1 aromatic rings. The van der Waals surface area contributed by atoms with Gasteiger partial charge in [0.05, 0.1) is 6.61 Å². The van der Waals surface area contributed by atoms with Crippen LogP contribution in [0.1, 0.15) is 77.5 Å². The summed E-state index contributed by atoms with van der Waals surface area (Å²) in [6, 6.07) is 4.09. The van der Waals surface area contributed by atoms with Crippen molar-refractivity contribution in [2.45, 2.75) is 79.1 Å². The molecule has 0 aromatic heterocycles. The van der Waals surface area contributed by atoms with Crippen LogP contribution in [-0.2, 0) is 27.8 Å². The van der Waals surface area contributed by atoms with E-state index in [0.717, 1.165) is 36.0 Å². The monoisotopic (exact) mass is 334 g/mol. The Morgan fingerprint density at radius 3 is 2.46 bits per heavy atom. The average Bonchev–Trinajstić information content (AvgIpc) is 2.46. The summed E-state index contributed by atoms with van der Waals surface area (Å²) in [4.78, 5) is 11.8. The molecule has 0 saturated carbocycles. The maximum absolute atomic E-state index is 11.8. The molecule has 0 radical (unpaired) electrons. The first kappa shape index (κ1) is 20.5. The molecule has 0 spiro atoms. The van der Waals surface area contributed by atoms with Crippen molar-refractivity contribution in [2.24, 2.45) is 5.92 Å². The molecule has 0 aliphatic carbocycles. The van der Waals surface area contributed by atoms with Gasteiger partial charge in [0.15, 0.2) is 0 Å². The van der Waals surface area contributed by atoms with Crippen molar-refractivity contribution in [2.75, 3.05) is 6.61 Å². The van der Waals surface area contributed by atoms with E-state index >= 15 is 0 Å². The van der Waals surface area contributed by atoms with E-state index in [1.54, 1.807) is 0 Å². The number of hydrogen-bond acceptors (Lipinski definition) is 3. The summed E-state index contributed by atoms with van der Waals surface area (Å²) in [5, 5.41) is 10.6. The van der Waals surface area contributed by atoms with Crippen LogP contribution in [0.4, 0.5) is 0 Å². The molecule has 1 aromatic carbocycles. The first-order valence-electron chi connectivity index (χ1n) is 9.16. The van der Waals surface area contributed by atoms with Crippen LogP contribution in [0.2, 0.25) is 0 Å². The van der Waals surface area contributed by atoms with E-state index < -0.39 is 0 Å². The molecule has 1 N–H and O–H groups in total. The highest BCUT2D eigenvalue weighted by Crippen LogP contribution is 2.35. The maximum atomic E-state index is 11.8. The van der Waals surface area contributed by atoms with Crippen molar-refractivity contribution in [1.82, 2.24) is 0 Å².